The maximum Gasteiger partial charge on any atom is 1.00 e. The summed E-state index contributed by atoms with van der Waals surface area (Å²) in [5.41, 5.74) is 0.471. The Balaban J connectivity index is 0.00000289. The molecule has 0 amide bonds. The second kappa shape index (κ2) is 6.90. The van der Waals surface area contributed by atoms with Gasteiger partial charge in [0.1, 0.15) is 0 Å². The molecule has 4 nitrogen and oxygen atoms in total. The van der Waals surface area contributed by atoms with Crippen LogP contribution in [0.4, 0.5) is 18.6 Å². The van der Waals surface area contributed by atoms with Crippen LogP contribution in [0.3, 0.4) is 0 Å². The summed E-state index contributed by atoms with van der Waals surface area (Å²) < 4.78 is 40.7. The SMILES string of the molecule is Cc1cc(C)c(OC[B-](F)(F)F)c([N+](=O)[O-])c1.[K+]. The molecule has 0 aliphatic carbocycles. The summed E-state index contributed by atoms with van der Waals surface area (Å²) in [6.07, 6.45) is 0. The van der Waals surface area contributed by atoms with Crippen LogP contribution in [-0.2, 0) is 0 Å². The molecule has 1 rings (SSSR count). The quantitative estimate of drug-likeness (QED) is 0.444. The molecule has 1 aromatic carbocycles. The molecule has 0 aliphatic heterocycles. The predicted molar refractivity (Wildman–Crippen MR) is 57.1 cm³/mol. The Bertz CT molecular complexity index is 453. The number of benzene rings is 1. The predicted octanol–water partition coefficient (Wildman–Crippen LogP) is -0.0190. The molecule has 0 saturated carbocycles. The Morgan fingerprint density at radius 1 is 1.33 bits per heavy atom. The van der Waals surface area contributed by atoms with E-state index >= 15 is 0 Å². The number of ether oxygens (including phenoxy) is 1. The van der Waals surface area contributed by atoms with Gasteiger partial charge in [-0.15, -0.1) is 0 Å². The van der Waals surface area contributed by atoms with E-state index in [1.165, 1.54) is 19.1 Å². The van der Waals surface area contributed by atoms with Crippen LogP contribution in [0.15, 0.2) is 12.1 Å². The Morgan fingerprint density at radius 2 is 1.89 bits per heavy atom. The number of rotatable bonds is 4. The van der Waals surface area contributed by atoms with Gasteiger partial charge in [0.2, 0.25) is 0 Å². The number of nitro benzene ring substituents is 1. The number of hydrogen-bond donors (Lipinski definition) is 0. The zero-order chi connectivity index (χ0) is 13.2. The van der Waals surface area contributed by atoms with Crippen LogP contribution in [0.25, 0.3) is 0 Å². The van der Waals surface area contributed by atoms with E-state index < -0.39 is 24.1 Å². The molecule has 0 fully saturated rings. The van der Waals surface area contributed by atoms with Crippen molar-refractivity contribution in [3.05, 3.63) is 33.4 Å². The van der Waals surface area contributed by atoms with E-state index in [2.05, 4.69) is 4.74 Å². The van der Waals surface area contributed by atoms with Crippen LogP contribution >= 0.6 is 0 Å². The Labute approximate surface area is 145 Å². The number of nitro groups is 1. The molecule has 0 aliphatic rings. The van der Waals surface area contributed by atoms with Gasteiger partial charge >= 0.3 is 64.0 Å². The van der Waals surface area contributed by atoms with Crippen LogP contribution in [0.5, 0.6) is 5.75 Å². The van der Waals surface area contributed by atoms with Crippen molar-refractivity contribution in [1.29, 1.82) is 0 Å². The van der Waals surface area contributed by atoms with Gasteiger partial charge in [-0.1, -0.05) is 6.07 Å². The maximum atomic E-state index is 12.1. The first-order valence-electron chi connectivity index (χ1n) is 4.80. The van der Waals surface area contributed by atoms with Gasteiger partial charge in [-0.25, -0.2) is 0 Å². The fourth-order valence-corrected chi connectivity index (χ4v) is 1.43. The number of aryl methyl sites for hydroxylation is 2. The van der Waals surface area contributed by atoms with Gasteiger partial charge in [0.15, 0.2) is 5.75 Å². The fraction of sp³-hybridized carbons (Fsp3) is 0.333. The van der Waals surface area contributed by atoms with Crippen molar-refractivity contribution in [2.24, 2.45) is 0 Å². The molecule has 1 aromatic rings. The van der Waals surface area contributed by atoms with Gasteiger partial charge in [0, 0.05) is 6.07 Å². The van der Waals surface area contributed by atoms with Crippen LogP contribution in [-0.4, -0.2) is 18.4 Å². The average Bonchev–Trinajstić information content (AvgIpc) is 2.13. The normalized spacial score (nSPS) is 10.7. The van der Waals surface area contributed by atoms with E-state index in [0.717, 1.165) is 0 Å². The summed E-state index contributed by atoms with van der Waals surface area (Å²) in [6, 6.07) is 2.72. The zero-order valence-electron chi connectivity index (χ0n) is 10.2. The molecule has 18 heavy (non-hydrogen) atoms. The van der Waals surface area contributed by atoms with Gasteiger partial charge in [-0.3, -0.25) is 10.1 Å². The van der Waals surface area contributed by atoms with Gasteiger partial charge < -0.3 is 17.7 Å². The van der Waals surface area contributed by atoms with Crippen LogP contribution in [0.2, 0.25) is 0 Å². The number of hydrogen-bond acceptors (Lipinski definition) is 3. The van der Waals surface area contributed by atoms with E-state index in [1.807, 2.05) is 0 Å². The van der Waals surface area contributed by atoms with Crippen molar-refractivity contribution in [1.82, 2.24) is 0 Å². The maximum absolute atomic E-state index is 12.1. The molecule has 0 bridgehead atoms. The number of halogens is 3. The zero-order valence-corrected chi connectivity index (χ0v) is 13.4. The second-order valence-corrected chi connectivity index (χ2v) is 3.71. The molecule has 0 unspecified atom stereocenters. The Kier molecular flexibility index (Phi) is 6.87. The van der Waals surface area contributed by atoms with E-state index in [9.17, 15) is 23.1 Å². The van der Waals surface area contributed by atoms with E-state index in [4.69, 9.17) is 0 Å². The standard InChI is InChI=1S/C9H10BF3NO3.K/c1-6-3-7(2)9(8(4-6)14(15)16)17-5-10(11,12)13;/h3-4H,5H2,1-2H3;/q-1;+1. The molecule has 0 N–H and O–H groups in total. The number of nitrogens with zero attached hydrogens (tertiary/aromatic N) is 1. The van der Waals surface area contributed by atoms with Crippen LogP contribution in [0, 0.1) is 24.0 Å². The Hall–Kier alpha value is -0.0887. The third kappa shape index (κ3) is 5.27. The smallest absolute Gasteiger partial charge is 0.516 e. The van der Waals surface area contributed by atoms with Gasteiger partial charge in [-0.2, -0.15) is 0 Å². The topological polar surface area (TPSA) is 52.4 Å². The summed E-state index contributed by atoms with van der Waals surface area (Å²) in [7, 11) is 0. The van der Waals surface area contributed by atoms with Crippen molar-refractivity contribution in [3.8, 4) is 5.75 Å². The second-order valence-electron chi connectivity index (χ2n) is 3.71. The van der Waals surface area contributed by atoms with Crippen molar-refractivity contribution >= 4 is 12.7 Å². The molecule has 0 aromatic heterocycles. The average molecular weight is 287 g/mol. The van der Waals surface area contributed by atoms with Crippen molar-refractivity contribution in [3.63, 3.8) is 0 Å². The summed E-state index contributed by atoms with van der Waals surface area (Å²) >= 11 is 0. The molecule has 0 radical (unpaired) electrons. The molecule has 0 heterocycles. The van der Waals surface area contributed by atoms with Gasteiger partial charge in [0.05, 0.1) is 11.4 Å². The molecule has 0 atom stereocenters. The molecule has 94 valence electrons. The fourth-order valence-electron chi connectivity index (χ4n) is 1.43. The largest absolute Gasteiger partial charge is 1.00 e. The van der Waals surface area contributed by atoms with Gasteiger partial charge in [0.25, 0.3) is 0 Å². The molecule has 9 heteroatoms. The molecular weight excluding hydrogens is 277 g/mol. The van der Waals surface area contributed by atoms with Crippen LogP contribution in [0.1, 0.15) is 11.1 Å². The van der Waals surface area contributed by atoms with Crippen molar-refractivity contribution in [2.45, 2.75) is 13.8 Å². The first-order chi connectivity index (χ1) is 7.70. The minimum Gasteiger partial charge on any atom is -0.516 e. The minimum absolute atomic E-state index is 0. The third-order valence-electron chi connectivity index (χ3n) is 2.01. The third-order valence-corrected chi connectivity index (χ3v) is 2.01. The molecule has 0 saturated heterocycles. The summed E-state index contributed by atoms with van der Waals surface area (Å²) in [5.74, 6) is -0.320. The first-order valence-corrected chi connectivity index (χ1v) is 4.80. The Morgan fingerprint density at radius 3 is 2.33 bits per heavy atom. The van der Waals surface area contributed by atoms with E-state index in [1.54, 1.807) is 6.92 Å². The van der Waals surface area contributed by atoms with Gasteiger partial charge in [-0.05, 0) is 25.0 Å². The first kappa shape index (κ1) is 17.9. The summed E-state index contributed by atoms with van der Waals surface area (Å²) in [5, 5.41) is 10.7. The molecule has 0 spiro atoms. The van der Waals surface area contributed by atoms with Crippen molar-refractivity contribution in [2.75, 3.05) is 6.51 Å². The van der Waals surface area contributed by atoms with E-state index in [-0.39, 0.29) is 57.1 Å². The van der Waals surface area contributed by atoms with Crippen molar-refractivity contribution < 1.29 is 74.0 Å². The monoisotopic (exact) mass is 287 g/mol. The summed E-state index contributed by atoms with van der Waals surface area (Å²) in [4.78, 5) is 9.95. The van der Waals surface area contributed by atoms with E-state index in [0.29, 0.717) is 11.1 Å². The van der Waals surface area contributed by atoms with Crippen LogP contribution < -0.4 is 56.1 Å². The molecular formula is C9H10BF3KNO3. The minimum atomic E-state index is -5.13. The summed E-state index contributed by atoms with van der Waals surface area (Å²) in [6.45, 7) is -3.52.